The first-order valence-electron chi connectivity index (χ1n) is 7.05. The second-order valence-corrected chi connectivity index (χ2v) is 5.76. The maximum Gasteiger partial charge on any atom is 0.0951 e. The van der Waals surface area contributed by atoms with Crippen molar-refractivity contribution in [3.05, 3.63) is 82.7 Å². The summed E-state index contributed by atoms with van der Waals surface area (Å²) in [5.41, 5.74) is 4.94. The zero-order valence-electron chi connectivity index (χ0n) is 11.5. The van der Waals surface area contributed by atoms with Crippen LogP contribution in [0, 0.1) is 0 Å². The van der Waals surface area contributed by atoms with Crippen molar-refractivity contribution in [1.82, 2.24) is 4.90 Å². The monoisotopic (exact) mass is 294 g/mol. The molecule has 0 aromatic heterocycles. The molecule has 0 amide bonds. The van der Waals surface area contributed by atoms with Crippen molar-refractivity contribution >= 4 is 23.4 Å². The number of hydrogen-bond donors (Lipinski definition) is 0. The number of fused-ring (bicyclic) bond motifs is 3. The summed E-state index contributed by atoms with van der Waals surface area (Å²) < 4.78 is 0. The highest BCUT2D eigenvalue weighted by atomic mass is 35.5. The van der Waals surface area contributed by atoms with Crippen molar-refractivity contribution in [2.24, 2.45) is 0 Å². The largest absolute Gasteiger partial charge is 0.353 e. The highest BCUT2D eigenvalue weighted by molar-refractivity contribution is 6.31. The van der Waals surface area contributed by atoms with Gasteiger partial charge in [-0.15, -0.1) is 0 Å². The van der Waals surface area contributed by atoms with Gasteiger partial charge in [-0.1, -0.05) is 54.1 Å². The number of rotatable bonds is 2. The number of benzene rings is 2. The van der Waals surface area contributed by atoms with Crippen LogP contribution in [-0.2, 0) is 6.54 Å². The van der Waals surface area contributed by atoms with Crippen LogP contribution in [0.5, 0.6) is 0 Å². The summed E-state index contributed by atoms with van der Waals surface area (Å²) in [5.74, 6) is 0. The van der Waals surface area contributed by atoms with E-state index in [2.05, 4.69) is 58.5 Å². The minimum Gasteiger partial charge on any atom is -0.353 e. The number of hydrogen-bond acceptors (Lipinski definition) is 2. The number of anilines is 1. The van der Waals surface area contributed by atoms with E-state index in [4.69, 9.17) is 11.6 Å². The molecule has 3 heteroatoms. The van der Waals surface area contributed by atoms with Crippen molar-refractivity contribution in [2.45, 2.75) is 6.54 Å². The summed E-state index contributed by atoms with van der Waals surface area (Å²) in [7, 11) is 0. The number of allylic oxidation sites excluding steroid dienone is 1. The number of halogens is 1. The lowest BCUT2D eigenvalue weighted by Gasteiger charge is -2.27. The van der Waals surface area contributed by atoms with Gasteiger partial charge in [0.15, 0.2) is 0 Å². The van der Waals surface area contributed by atoms with E-state index in [0.29, 0.717) is 0 Å². The Balaban J connectivity index is 1.60. The fourth-order valence-electron chi connectivity index (χ4n) is 2.90. The van der Waals surface area contributed by atoms with Crippen molar-refractivity contribution in [2.75, 3.05) is 11.6 Å². The van der Waals surface area contributed by atoms with Crippen LogP contribution in [-0.4, -0.2) is 11.6 Å². The fraction of sp³-hybridized carbons (Fsp3) is 0.111. The van der Waals surface area contributed by atoms with Crippen molar-refractivity contribution in [3.63, 3.8) is 0 Å². The minimum atomic E-state index is 0.829. The van der Waals surface area contributed by atoms with Crippen LogP contribution in [0.15, 0.2) is 66.5 Å². The molecule has 0 saturated carbocycles. The third kappa shape index (κ3) is 2.22. The number of nitrogens with zero attached hydrogens (tertiary/aromatic N) is 2. The van der Waals surface area contributed by atoms with E-state index in [-0.39, 0.29) is 0 Å². The third-order valence-corrected chi connectivity index (χ3v) is 4.31. The Morgan fingerprint density at radius 2 is 1.76 bits per heavy atom. The van der Waals surface area contributed by atoms with Gasteiger partial charge in [0, 0.05) is 17.8 Å². The van der Waals surface area contributed by atoms with Gasteiger partial charge in [-0.25, -0.2) is 0 Å². The predicted molar refractivity (Wildman–Crippen MR) is 87.9 cm³/mol. The van der Waals surface area contributed by atoms with Crippen LogP contribution in [0.3, 0.4) is 0 Å². The minimum absolute atomic E-state index is 0.829. The Hall–Kier alpha value is -2.19. The Morgan fingerprint density at radius 1 is 0.952 bits per heavy atom. The van der Waals surface area contributed by atoms with Gasteiger partial charge >= 0.3 is 0 Å². The van der Waals surface area contributed by atoms with E-state index in [9.17, 15) is 0 Å². The lowest BCUT2D eigenvalue weighted by atomic mass is 10.1. The molecule has 4 rings (SSSR count). The molecule has 0 saturated heterocycles. The molecule has 2 aliphatic heterocycles. The Morgan fingerprint density at radius 3 is 2.67 bits per heavy atom. The zero-order valence-corrected chi connectivity index (χ0v) is 12.3. The molecule has 2 aliphatic rings. The molecule has 2 aromatic carbocycles. The molecule has 0 bridgehead atoms. The first-order chi connectivity index (χ1) is 10.3. The molecular weight excluding hydrogens is 280 g/mol. The van der Waals surface area contributed by atoms with Crippen LogP contribution < -0.4 is 4.90 Å². The SMILES string of the molecule is Clc1ccccc1CN1C=C2C=Cc3ccccc3N2C1. The van der Waals surface area contributed by atoms with Gasteiger partial charge in [0.05, 0.1) is 18.1 Å². The molecule has 0 aliphatic carbocycles. The average Bonchev–Trinajstić information content (AvgIpc) is 2.93. The van der Waals surface area contributed by atoms with E-state index >= 15 is 0 Å². The normalized spacial score (nSPS) is 15.8. The Labute approximate surface area is 129 Å². The summed E-state index contributed by atoms with van der Waals surface area (Å²) in [6, 6.07) is 16.5. The maximum atomic E-state index is 6.26. The van der Waals surface area contributed by atoms with Gasteiger partial charge in [-0.2, -0.15) is 0 Å². The van der Waals surface area contributed by atoms with Crippen molar-refractivity contribution < 1.29 is 0 Å². The Bertz CT molecular complexity index is 748. The maximum absolute atomic E-state index is 6.26. The van der Waals surface area contributed by atoms with Crippen LogP contribution in [0.25, 0.3) is 6.08 Å². The van der Waals surface area contributed by atoms with Gasteiger partial charge < -0.3 is 9.80 Å². The summed E-state index contributed by atoms with van der Waals surface area (Å²) >= 11 is 6.26. The molecule has 21 heavy (non-hydrogen) atoms. The topological polar surface area (TPSA) is 6.48 Å². The van der Waals surface area contributed by atoms with E-state index in [0.717, 1.165) is 23.8 Å². The molecule has 2 aromatic rings. The van der Waals surface area contributed by atoms with Crippen LogP contribution in [0.1, 0.15) is 11.1 Å². The second-order valence-electron chi connectivity index (χ2n) is 5.35. The molecule has 0 N–H and O–H groups in total. The number of para-hydroxylation sites is 1. The first kappa shape index (κ1) is 12.5. The summed E-state index contributed by atoms with van der Waals surface area (Å²) in [5, 5.41) is 0.830. The van der Waals surface area contributed by atoms with Gasteiger partial charge in [0.25, 0.3) is 0 Å². The molecule has 0 spiro atoms. The fourth-order valence-corrected chi connectivity index (χ4v) is 3.10. The first-order valence-corrected chi connectivity index (χ1v) is 7.43. The summed E-state index contributed by atoms with van der Waals surface area (Å²) in [6.45, 7) is 1.69. The van der Waals surface area contributed by atoms with Crippen molar-refractivity contribution in [3.8, 4) is 0 Å². The summed E-state index contributed by atoms with van der Waals surface area (Å²) in [6.07, 6.45) is 6.56. The predicted octanol–water partition coefficient (Wildman–Crippen LogP) is 4.49. The molecule has 104 valence electrons. The van der Waals surface area contributed by atoms with E-state index < -0.39 is 0 Å². The lowest BCUT2D eigenvalue weighted by Crippen LogP contribution is -2.27. The highest BCUT2D eigenvalue weighted by Gasteiger charge is 2.24. The van der Waals surface area contributed by atoms with Gasteiger partial charge in [-0.3, -0.25) is 0 Å². The van der Waals surface area contributed by atoms with E-state index in [1.807, 2.05) is 18.2 Å². The molecule has 0 fully saturated rings. The van der Waals surface area contributed by atoms with E-state index in [1.54, 1.807) is 0 Å². The van der Waals surface area contributed by atoms with Gasteiger partial charge in [-0.05, 0) is 29.3 Å². The lowest BCUT2D eigenvalue weighted by molar-refractivity contribution is 0.400. The third-order valence-electron chi connectivity index (χ3n) is 3.94. The molecule has 0 radical (unpaired) electrons. The molecule has 0 unspecified atom stereocenters. The van der Waals surface area contributed by atoms with Crippen LogP contribution >= 0.6 is 11.6 Å². The second kappa shape index (κ2) is 4.97. The molecule has 2 nitrogen and oxygen atoms in total. The van der Waals surface area contributed by atoms with Gasteiger partial charge in [0.1, 0.15) is 0 Å². The average molecular weight is 295 g/mol. The molecule has 0 atom stereocenters. The van der Waals surface area contributed by atoms with Crippen molar-refractivity contribution in [1.29, 1.82) is 0 Å². The smallest absolute Gasteiger partial charge is 0.0951 e. The highest BCUT2D eigenvalue weighted by Crippen LogP contribution is 2.34. The summed E-state index contributed by atoms with van der Waals surface area (Å²) in [4.78, 5) is 4.63. The van der Waals surface area contributed by atoms with Gasteiger partial charge in [0.2, 0.25) is 0 Å². The molecule has 2 heterocycles. The molecular formula is C18H15ClN2. The van der Waals surface area contributed by atoms with Crippen LogP contribution in [0.4, 0.5) is 5.69 Å². The zero-order chi connectivity index (χ0) is 14.2. The van der Waals surface area contributed by atoms with Crippen LogP contribution in [0.2, 0.25) is 5.02 Å². The quantitative estimate of drug-likeness (QED) is 0.805. The van der Waals surface area contributed by atoms with E-state index in [1.165, 1.54) is 16.9 Å². The standard InChI is InChI=1S/C18H15ClN2/c19-17-7-3-1-6-15(17)11-20-12-16-10-9-14-5-2-4-8-18(14)21(16)13-20/h1-10,12H,11,13H2. The Kier molecular flexibility index (Phi) is 2.97.